The number of primary amides is 3. The summed E-state index contributed by atoms with van der Waals surface area (Å²) in [5.41, 5.74) is 39.6. The maximum atomic E-state index is 14.3. The predicted molar refractivity (Wildman–Crippen MR) is 337 cm³/mol. The van der Waals surface area contributed by atoms with E-state index in [4.69, 9.17) is 34.4 Å². The number of aryl methyl sites for hydroxylation is 3. The molecule has 0 saturated heterocycles. The number of aromatic nitrogens is 3. The van der Waals surface area contributed by atoms with Gasteiger partial charge < -0.3 is 65.3 Å². The molecule has 18 N–H and O–H groups in total. The number of carbonyl (C=O) groups is 9. The molecule has 6 aromatic carbocycles. The number of nitrogens with one attached hydrogen (secondary N) is 6. The summed E-state index contributed by atoms with van der Waals surface area (Å²) >= 11 is 0. The van der Waals surface area contributed by atoms with E-state index in [1.807, 2.05) is 93.6 Å². The number of benzene rings is 6. The van der Waals surface area contributed by atoms with Crippen molar-refractivity contribution in [3.05, 3.63) is 196 Å². The molecular formula is C67H70N12O9. The fourth-order valence-electron chi connectivity index (χ4n) is 11.3. The van der Waals surface area contributed by atoms with E-state index < -0.39 is 75.3 Å². The number of fused-ring (bicyclic) bond motifs is 3. The van der Waals surface area contributed by atoms with E-state index in [1.165, 1.54) is 0 Å². The molecule has 0 spiro atoms. The summed E-state index contributed by atoms with van der Waals surface area (Å²) in [5.74, 6) is -7.28. The highest BCUT2D eigenvalue weighted by Gasteiger charge is 2.45. The first-order valence-electron chi connectivity index (χ1n) is 28.6. The quantitative estimate of drug-likeness (QED) is 0.0197. The standard InChI is InChI=1S/C67H70N12O9/c1-37-49(46-10-4-7-13-52(46)74-37)34-55(80)65(71,31-28-58(68)83)62(86)77-43-22-16-40(17-23-43)61(41-18-24-44(25-19-41)78-63(87)66(72,32-29-59(69)84)56(81)35-50-38(2)75-53-14-8-5-11-47(50)53)42-20-26-45(27-21-42)79-64(88)67(73,33-30-60(70)85)57(82)36-51-39(3)76-54-15-9-6-12-48(51)54/h4-27,61,74-76H,28-36,71-73H2,1-3H3,(H2,68,83)(H2,69,84)(H2,70,85)(H,77,86)(H,78,87)(H,79,88)/t65-,66-,67-/m1/s1. The van der Waals surface area contributed by atoms with Gasteiger partial charge in [-0.15, -0.1) is 0 Å². The number of anilines is 3. The Kier molecular flexibility index (Phi) is 18.2. The fraction of sp³-hybridized carbons (Fsp3) is 0.239. The van der Waals surface area contributed by atoms with Crippen LogP contribution in [-0.4, -0.2) is 84.4 Å². The summed E-state index contributed by atoms with van der Waals surface area (Å²) in [6.45, 7) is 5.45. The molecule has 3 atom stereocenters. The number of hydrogen-bond acceptors (Lipinski definition) is 12. The van der Waals surface area contributed by atoms with Gasteiger partial charge in [-0.1, -0.05) is 91.0 Å². The molecule has 0 saturated carbocycles. The van der Waals surface area contributed by atoms with E-state index in [0.717, 1.165) is 49.8 Å². The largest absolute Gasteiger partial charge is 0.370 e. The van der Waals surface area contributed by atoms with Crippen molar-refractivity contribution in [1.29, 1.82) is 0 Å². The normalized spacial score (nSPS) is 13.5. The Morgan fingerprint density at radius 2 is 0.614 bits per heavy atom. The van der Waals surface area contributed by atoms with E-state index in [1.54, 1.807) is 72.8 Å². The number of Topliss-reactive ketones (excluding diaryl/α,β-unsaturated/α-hetero) is 3. The zero-order valence-electron chi connectivity index (χ0n) is 48.9. The van der Waals surface area contributed by atoms with Crippen molar-refractivity contribution in [3.8, 4) is 0 Å². The lowest BCUT2D eigenvalue weighted by Gasteiger charge is -2.27. The zero-order chi connectivity index (χ0) is 63.2. The molecule has 9 rings (SSSR count). The Labute approximate surface area is 506 Å². The Balaban J connectivity index is 1.00. The summed E-state index contributed by atoms with van der Waals surface area (Å²) < 4.78 is 0. The second-order valence-electron chi connectivity index (χ2n) is 22.6. The van der Waals surface area contributed by atoms with Crippen LogP contribution in [0.5, 0.6) is 0 Å². The lowest BCUT2D eigenvalue weighted by molar-refractivity contribution is -0.135. The fourth-order valence-corrected chi connectivity index (χ4v) is 11.3. The molecule has 88 heavy (non-hydrogen) atoms. The van der Waals surface area contributed by atoms with E-state index in [0.29, 0.717) is 33.4 Å². The van der Waals surface area contributed by atoms with Crippen molar-refractivity contribution in [2.45, 2.75) is 101 Å². The van der Waals surface area contributed by atoms with E-state index in [-0.39, 0.29) is 74.8 Å². The van der Waals surface area contributed by atoms with Crippen LogP contribution >= 0.6 is 0 Å². The highest BCUT2D eigenvalue weighted by Crippen LogP contribution is 2.36. The van der Waals surface area contributed by atoms with Crippen LogP contribution in [-0.2, 0) is 62.4 Å². The molecule has 452 valence electrons. The number of hydrogen-bond donors (Lipinski definition) is 12. The molecule has 0 aliphatic rings. The molecule has 9 aromatic rings. The van der Waals surface area contributed by atoms with Crippen LogP contribution in [0, 0.1) is 20.8 Å². The molecule has 0 aliphatic carbocycles. The number of aromatic amines is 3. The molecule has 21 heteroatoms. The predicted octanol–water partition coefficient (Wildman–Crippen LogP) is 6.38. The van der Waals surface area contributed by atoms with Crippen LogP contribution in [0.4, 0.5) is 17.1 Å². The average molecular weight is 1190 g/mol. The van der Waals surface area contributed by atoms with Crippen LogP contribution in [0.2, 0.25) is 0 Å². The van der Waals surface area contributed by atoms with Gasteiger partial charge in [-0.25, -0.2) is 0 Å². The summed E-state index contributed by atoms with van der Waals surface area (Å²) in [5, 5.41) is 10.7. The topological polar surface area (TPSA) is 393 Å². The van der Waals surface area contributed by atoms with Gasteiger partial charge >= 0.3 is 0 Å². The Morgan fingerprint density at radius 3 is 0.852 bits per heavy atom. The van der Waals surface area contributed by atoms with Crippen LogP contribution in [0.1, 0.15) is 94.9 Å². The third kappa shape index (κ3) is 13.2. The minimum atomic E-state index is -2.17. The number of para-hydroxylation sites is 3. The third-order valence-electron chi connectivity index (χ3n) is 16.6. The van der Waals surface area contributed by atoms with E-state index >= 15 is 0 Å². The second-order valence-corrected chi connectivity index (χ2v) is 22.6. The monoisotopic (exact) mass is 1190 g/mol. The molecule has 0 aliphatic heterocycles. The van der Waals surface area contributed by atoms with E-state index in [2.05, 4.69) is 30.9 Å². The Hall–Kier alpha value is -10.4. The van der Waals surface area contributed by atoms with Gasteiger partial charge in [0.2, 0.25) is 17.7 Å². The third-order valence-corrected chi connectivity index (χ3v) is 16.6. The summed E-state index contributed by atoms with van der Waals surface area (Å²) in [6.07, 6.45) is -2.72. The number of amides is 6. The Morgan fingerprint density at radius 1 is 0.375 bits per heavy atom. The van der Waals surface area contributed by atoms with Crippen molar-refractivity contribution in [3.63, 3.8) is 0 Å². The number of H-pyrrole nitrogens is 3. The second kappa shape index (κ2) is 25.7. The van der Waals surface area contributed by atoms with Gasteiger partial charge in [-0.2, -0.15) is 0 Å². The number of carbonyl (C=O) groups excluding carboxylic acids is 9. The van der Waals surface area contributed by atoms with Crippen molar-refractivity contribution in [2.24, 2.45) is 34.4 Å². The first-order chi connectivity index (χ1) is 41.9. The molecule has 0 radical (unpaired) electrons. The smallest absolute Gasteiger partial charge is 0.252 e. The molecule has 0 unspecified atom stereocenters. The van der Waals surface area contributed by atoms with Crippen molar-refractivity contribution in [1.82, 2.24) is 15.0 Å². The molecule has 21 nitrogen and oxygen atoms in total. The molecular weight excluding hydrogens is 1120 g/mol. The molecule has 3 aromatic heterocycles. The minimum absolute atomic E-state index is 0.206. The van der Waals surface area contributed by atoms with Crippen LogP contribution in [0.3, 0.4) is 0 Å². The maximum Gasteiger partial charge on any atom is 0.252 e. The lowest BCUT2D eigenvalue weighted by Crippen LogP contribution is -2.58. The Bertz CT molecular complexity index is 3780. The first-order valence-corrected chi connectivity index (χ1v) is 28.6. The minimum Gasteiger partial charge on any atom is -0.370 e. The number of nitrogens with two attached hydrogens (primary N) is 6. The summed E-state index contributed by atoms with van der Waals surface area (Å²) in [7, 11) is 0. The van der Waals surface area contributed by atoms with Gasteiger partial charge in [-0.05, 0) is 128 Å². The SMILES string of the molecule is Cc1[nH]c2ccccc2c1CC(=O)[C@](N)(CCC(N)=O)C(=O)Nc1ccc(C(c2ccc(NC(=O)[C@@](N)(CCC(N)=O)C(=O)Cc3c(C)[nH]c4ccccc34)cc2)c2ccc(NC(=O)[C@@](N)(CCC(N)=O)C(=O)Cc3c(C)[nH]c4ccccc34)cc2)cc1. The van der Waals surface area contributed by atoms with Crippen LogP contribution < -0.4 is 50.4 Å². The molecule has 0 fully saturated rings. The molecule has 6 amide bonds. The highest BCUT2D eigenvalue weighted by atomic mass is 16.2. The average Bonchev–Trinajstić information content (AvgIpc) is 2.19. The van der Waals surface area contributed by atoms with E-state index in [9.17, 15) is 43.2 Å². The molecule has 3 heterocycles. The maximum absolute atomic E-state index is 14.3. The van der Waals surface area contributed by atoms with Gasteiger partial charge in [0.05, 0.1) is 0 Å². The van der Waals surface area contributed by atoms with Crippen molar-refractivity contribution in [2.75, 3.05) is 16.0 Å². The lowest BCUT2D eigenvalue weighted by atomic mass is 9.83. The van der Waals surface area contributed by atoms with Gasteiger partial charge in [0.15, 0.2) is 34.0 Å². The van der Waals surface area contributed by atoms with Crippen LogP contribution in [0.25, 0.3) is 32.7 Å². The van der Waals surface area contributed by atoms with Crippen molar-refractivity contribution >= 4 is 103 Å². The number of rotatable bonds is 27. The first kappa shape index (κ1) is 62.2. The van der Waals surface area contributed by atoms with Gasteiger partial charge in [-0.3, -0.25) is 43.2 Å². The van der Waals surface area contributed by atoms with Gasteiger partial charge in [0.1, 0.15) is 0 Å². The zero-order valence-corrected chi connectivity index (χ0v) is 48.9. The summed E-state index contributed by atoms with van der Waals surface area (Å²) in [4.78, 5) is 131. The van der Waals surface area contributed by atoms with Gasteiger partial charge in [0.25, 0.3) is 17.7 Å². The van der Waals surface area contributed by atoms with Gasteiger partial charge in [0, 0.05) is 111 Å². The number of ketones is 3. The summed E-state index contributed by atoms with van der Waals surface area (Å²) in [6, 6.07) is 42.4. The van der Waals surface area contributed by atoms with Crippen molar-refractivity contribution < 1.29 is 43.2 Å². The van der Waals surface area contributed by atoms with Crippen LogP contribution in [0.15, 0.2) is 146 Å². The molecule has 0 bridgehead atoms. The highest BCUT2D eigenvalue weighted by molar-refractivity contribution is 6.18.